The summed E-state index contributed by atoms with van der Waals surface area (Å²) in [6.07, 6.45) is -1.13. The van der Waals surface area contributed by atoms with Gasteiger partial charge in [-0.15, -0.1) is 0 Å². The van der Waals surface area contributed by atoms with Gasteiger partial charge in [0.2, 0.25) is 5.95 Å². The number of aliphatic carboxylic acids is 1. The number of carbonyl (C=O) groups is 3. The molecule has 9 nitrogen and oxygen atoms in total. The van der Waals surface area contributed by atoms with E-state index in [0.29, 0.717) is 0 Å². The van der Waals surface area contributed by atoms with Gasteiger partial charge in [-0.25, -0.2) is 9.78 Å². The fourth-order valence-electron chi connectivity index (χ4n) is 1.72. The minimum Gasteiger partial charge on any atom is -0.481 e. The lowest BCUT2D eigenvalue weighted by molar-refractivity contribution is -0.154. The molecular formula is C15H19N3O6. The number of para-hydroxylation sites is 2. The highest BCUT2D eigenvalue weighted by molar-refractivity contribution is 5.84. The van der Waals surface area contributed by atoms with Gasteiger partial charge in [-0.05, 0) is 12.1 Å². The molecule has 0 saturated carbocycles. The van der Waals surface area contributed by atoms with Crippen LogP contribution in [-0.2, 0) is 14.3 Å². The summed E-state index contributed by atoms with van der Waals surface area (Å²) in [6.45, 7) is 3.01. The van der Waals surface area contributed by atoms with E-state index in [-0.39, 0.29) is 5.95 Å². The second-order valence-corrected chi connectivity index (χ2v) is 4.97. The van der Waals surface area contributed by atoms with E-state index in [4.69, 9.17) is 10.2 Å². The smallest absolute Gasteiger partial charge is 0.411 e. The van der Waals surface area contributed by atoms with Gasteiger partial charge in [0.1, 0.15) is 0 Å². The molecule has 0 spiro atoms. The van der Waals surface area contributed by atoms with Gasteiger partial charge in [0.05, 0.1) is 30.0 Å². The van der Waals surface area contributed by atoms with Crippen LogP contribution in [0.4, 0.5) is 10.7 Å². The van der Waals surface area contributed by atoms with Crippen LogP contribution in [-0.4, -0.2) is 45.3 Å². The predicted molar refractivity (Wildman–Crippen MR) is 85.7 cm³/mol. The van der Waals surface area contributed by atoms with Crippen molar-refractivity contribution in [2.75, 3.05) is 12.4 Å². The van der Waals surface area contributed by atoms with Gasteiger partial charge in [0, 0.05) is 0 Å². The van der Waals surface area contributed by atoms with Crippen molar-refractivity contribution in [3.63, 3.8) is 0 Å². The van der Waals surface area contributed by atoms with Gasteiger partial charge in [-0.3, -0.25) is 14.9 Å². The van der Waals surface area contributed by atoms with Crippen LogP contribution in [0.3, 0.4) is 0 Å². The summed E-state index contributed by atoms with van der Waals surface area (Å²) in [6, 6.07) is 7.33. The van der Waals surface area contributed by atoms with E-state index in [9.17, 15) is 14.4 Å². The Kier molecular flexibility index (Phi) is 6.72. The van der Waals surface area contributed by atoms with Crippen molar-refractivity contribution >= 4 is 35.0 Å². The number of ether oxygens (including phenoxy) is 1. The van der Waals surface area contributed by atoms with Gasteiger partial charge in [-0.1, -0.05) is 26.0 Å². The van der Waals surface area contributed by atoms with Crippen molar-refractivity contribution in [3.8, 4) is 0 Å². The van der Waals surface area contributed by atoms with Crippen molar-refractivity contribution in [2.24, 2.45) is 11.8 Å². The Morgan fingerprint density at radius 2 is 1.79 bits per heavy atom. The maximum Gasteiger partial charge on any atom is 0.411 e. The largest absolute Gasteiger partial charge is 0.481 e. The number of fused-ring (bicyclic) bond motifs is 1. The zero-order chi connectivity index (χ0) is 18.3. The summed E-state index contributed by atoms with van der Waals surface area (Å²) >= 11 is 0. The molecule has 1 heterocycles. The van der Waals surface area contributed by atoms with Crippen LogP contribution in [0.5, 0.6) is 0 Å². The molecule has 4 N–H and O–H groups in total. The fourth-order valence-corrected chi connectivity index (χ4v) is 1.72. The fraction of sp³-hybridized carbons (Fsp3) is 0.333. The summed E-state index contributed by atoms with van der Waals surface area (Å²) in [7, 11) is 1.24. The molecule has 9 heteroatoms. The lowest BCUT2D eigenvalue weighted by atomic mass is 9.97. The SMILES string of the molecule is COC(=O)C(C)C(C)C(=O)O.O=C(O)Nc1nc2ccccc2[nH]1. The first-order valence-corrected chi connectivity index (χ1v) is 7.01. The number of methoxy groups -OCH3 is 1. The van der Waals surface area contributed by atoms with Crippen LogP contribution in [0, 0.1) is 11.8 Å². The zero-order valence-electron chi connectivity index (χ0n) is 13.4. The maximum absolute atomic E-state index is 10.8. The third kappa shape index (κ3) is 5.27. The molecular weight excluding hydrogens is 318 g/mol. The number of anilines is 1. The highest BCUT2D eigenvalue weighted by Crippen LogP contribution is 2.13. The standard InChI is InChI=1S/C8H7N3O2.C7H12O4/c12-8(13)11-7-9-5-3-1-2-4-6(5)10-7;1-4(6(8)9)5(2)7(10)11-3/h1-4H,(H,12,13)(H2,9,10,11);4-5H,1-3H3,(H,8,9). The minimum atomic E-state index is -1.13. The van der Waals surface area contributed by atoms with Crippen molar-refractivity contribution < 1.29 is 29.3 Å². The number of aromatic amines is 1. The lowest BCUT2D eigenvalue weighted by Gasteiger charge is -2.12. The van der Waals surface area contributed by atoms with E-state index in [0.717, 1.165) is 11.0 Å². The Bertz CT molecular complexity index is 694. The molecule has 0 fully saturated rings. The molecule has 2 rings (SSSR count). The highest BCUT2D eigenvalue weighted by atomic mass is 16.5. The molecule has 0 aliphatic rings. The number of amides is 1. The van der Waals surface area contributed by atoms with Gasteiger partial charge in [0.25, 0.3) is 0 Å². The molecule has 24 heavy (non-hydrogen) atoms. The van der Waals surface area contributed by atoms with Crippen LogP contribution < -0.4 is 5.32 Å². The van der Waals surface area contributed by atoms with E-state index >= 15 is 0 Å². The molecule has 1 aromatic heterocycles. The topological polar surface area (TPSA) is 142 Å². The number of benzene rings is 1. The van der Waals surface area contributed by atoms with Crippen LogP contribution in [0.25, 0.3) is 11.0 Å². The number of esters is 1. The van der Waals surface area contributed by atoms with Crippen LogP contribution in [0.1, 0.15) is 13.8 Å². The summed E-state index contributed by atoms with van der Waals surface area (Å²) in [4.78, 5) is 38.2. The number of carbonyl (C=O) groups excluding carboxylic acids is 1. The molecule has 0 aliphatic carbocycles. The molecule has 2 unspecified atom stereocenters. The van der Waals surface area contributed by atoms with Gasteiger partial charge in [0.15, 0.2) is 0 Å². The Labute approximate surface area is 137 Å². The number of nitrogens with one attached hydrogen (secondary N) is 2. The maximum atomic E-state index is 10.8. The van der Waals surface area contributed by atoms with E-state index < -0.39 is 29.9 Å². The second kappa shape index (κ2) is 8.51. The van der Waals surface area contributed by atoms with Gasteiger partial charge >= 0.3 is 18.0 Å². The van der Waals surface area contributed by atoms with E-state index in [1.807, 2.05) is 18.2 Å². The molecule has 130 valence electrons. The number of hydrogen-bond acceptors (Lipinski definition) is 5. The monoisotopic (exact) mass is 337 g/mol. The molecule has 1 amide bonds. The lowest BCUT2D eigenvalue weighted by Crippen LogP contribution is -2.26. The number of hydrogen-bond donors (Lipinski definition) is 4. The minimum absolute atomic E-state index is 0.244. The van der Waals surface area contributed by atoms with E-state index in [1.165, 1.54) is 21.0 Å². The molecule has 0 radical (unpaired) electrons. The molecule has 1 aromatic carbocycles. The van der Waals surface area contributed by atoms with Crippen molar-refractivity contribution in [2.45, 2.75) is 13.8 Å². The summed E-state index contributed by atoms with van der Waals surface area (Å²) in [5, 5.41) is 19.1. The molecule has 0 aliphatic heterocycles. The predicted octanol–water partition coefficient (Wildman–Crippen LogP) is 2.17. The zero-order valence-corrected chi connectivity index (χ0v) is 13.4. The van der Waals surface area contributed by atoms with Crippen molar-refractivity contribution in [3.05, 3.63) is 24.3 Å². The first kappa shape index (κ1) is 18.9. The summed E-state index contributed by atoms with van der Waals surface area (Å²) in [5.74, 6) is -2.50. The first-order valence-electron chi connectivity index (χ1n) is 7.01. The Hall–Kier alpha value is -3.10. The number of imidazole rings is 1. The molecule has 0 saturated heterocycles. The van der Waals surface area contributed by atoms with Crippen molar-refractivity contribution in [1.82, 2.24) is 9.97 Å². The third-order valence-corrected chi connectivity index (χ3v) is 3.33. The Morgan fingerprint density at radius 3 is 2.29 bits per heavy atom. The average molecular weight is 337 g/mol. The normalized spacial score (nSPS) is 12.5. The van der Waals surface area contributed by atoms with Crippen LogP contribution in [0.15, 0.2) is 24.3 Å². The Morgan fingerprint density at radius 1 is 1.17 bits per heavy atom. The Balaban J connectivity index is 0.000000245. The van der Waals surface area contributed by atoms with E-state index in [1.54, 1.807) is 6.07 Å². The van der Waals surface area contributed by atoms with Gasteiger partial charge < -0.3 is 19.9 Å². The number of aromatic nitrogens is 2. The summed E-state index contributed by atoms with van der Waals surface area (Å²) in [5.41, 5.74) is 1.55. The molecule has 2 aromatic rings. The quantitative estimate of drug-likeness (QED) is 0.626. The number of carboxylic acid groups (broad SMARTS) is 2. The average Bonchev–Trinajstić information content (AvgIpc) is 2.94. The van der Waals surface area contributed by atoms with Crippen LogP contribution >= 0.6 is 0 Å². The first-order chi connectivity index (χ1) is 11.3. The number of nitrogens with zero attached hydrogens (tertiary/aromatic N) is 1. The molecule has 2 atom stereocenters. The number of rotatable bonds is 4. The summed E-state index contributed by atoms with van der Waals surface area (Å²) < 4.78 is 4.38. The van der Waals surface area contributed by atoms with Crippen molar-refractivity contribution in [1.29, 1.82) is 0 Å². The van der Waals surface area contributed by atoms with Crippen LogP contribution in [0.2, 0.25) is 0 Å². The number of H-pyrrole nitrogens is 1. The third-order valence-electron chi connectivity index (χ3n) is 3.33. The van der Waals surface area contributed by atoms with E-state index in [2.05, 4.69) is 20.0 Å². The molecule has 0 bridgehead atoms. The second-order valence-electron chi connectivity index (χ2n) is 4.97. The van der Waals surface area contributed by atoms with Gasteiger partial charge in [-0.2, -0.15) is 0 Å². The highest BCUT2D eigenvalue weighted by Gasteiger charge is 2.26. The number of carboxylic acids is 1.